The largest absolute Gasteiger partial charge is 0.496 e. The Morgan fingerprint density at radius 2 is 1.86 bits per heavy atom. The number of carbonyl (C=O) groups is 2. The van der Waals surface area contributed by atoms with Gasteiger partial charge >= 0.3 is 19.7 Å². The van der Waals surface area contributed by atoms with Crippen molar-refractivity contribution in [3.63, 3.8) is 0 Å². The van der Waals surface area contributed by atoms with E-state index in [1.807, 2.05) is 37.3 Å². The van der Waals surface area contributed by atoms with Gasteiger partial charge < -0.3 is 19.5 Å². The van der Waals surface area contributed by atoms with Gasteiger partial charge in [-0.05, 0) is 30.5 Å². The van der Waals surface area contributed by atoms with Crippen molar-refractivity contribution in [3.8, 4) is 5.75 Å². The topological polar surface area (TPSA) is 154 Å². The molecule has 3 atom stereocenters. The lowest BCUT2D eigenvalue weighted by atomic mass is 9.88. The Kier molecular flexibility index (Phi) is 10.8. The first-order chi connectivity index (χ1) is 19.6. The van der Waals surface area contributed by atoms with Crippen molar-refractivity contribution in [2.45, 2.75) is 68.7 Å². The average Bonchev–Trinajstić information content (AvgIpc) is 3.01. The standard InChI is InChI=1S/C27H36F3N2O8PS/c1-4-6-12-26(5-2)17-42(37,38)22-13-19(15-31-23(33)16-41(35,36)40-25(34)27(28,29)30)21(39-3)14-20(22)24(32-26)18-10-8-7-9-11-18/h7-11,13-14,24,32,37-38H,4-6,12,15-17H2,1-3H3,(H,31,33)(H,35,36)/t24-,26-/m1/s1. The van der Waals surface area contributed by atoms with Gasteiger partial charge in [-0.25, -0.2) is 9.36 Å². The number of halogens is 3. The number of carbonyl (C=O) groups excluding carboxylic acids is 2. The molecule has 0 saturated heterocycles. The van der Waals surface area contributed by atoms with Gasteiger partial charge in [0.05, 0.1) is 23.8 Å². The Morgan fingerprint density at radius 1 is 1.19 bits per heavy atom. The first kappa shape index (κ1) is 33.9. The predicted octanol–water partition coefficient (Wildman–Crippen LogP) is 5.74. The smallest absolute Gasteiger partial charge is 0.491 e. The minimum absolute atomic E-state index is 0.0449. The number of rotatable bonds is 11. The quantitative estimate of drug-likeness (QED) is 0.194. The third-order valence-corrected chi connectivity index (χ3v) is 10.3. The zero-order valence-corrected chi connectivity index (χ0v) is 25.2. The van der Waals surface area contributed by atoms with Gasteiger partial charge in [0.15, 0.2) is 0 Å². The maximum atomic E-state index is 12.4. The van der Waals surface area contributed by atoms with Gasteiger partial charge in [0.25, 0.3) is 0 Å². The average molecular weight is 637 g/mol. The number of amides is 1. The van der Waals surface area contributed by atoms with Crippen LogP contribution in [0.4, 0.5) is 13.2 Å². The molecule has 0 saturated carbocycles. The minimum Gasteiger partial charge on any atom is -0.496 e. The number of fused-ring (bicyclic) bond motifs is 1. The summed E-state index contributed by atoms with van der Waals surface area (Å²) in [7, 11) is -7.27. The molecule has 234 valence electrons. The maximum Gasteiger partial charge on any atom is 0.491 e. The molecule has 2 aromatic rings. The second-order valence-electron chi connectivity index (χ2n) is 10.2. The van der Waals surface area contributed by atoms with Gasteiger partial charge in [-0.15, -0.1) is 0 Å². The highest BCUT2D eigenvalue weighted by molar-refractivity contribution is 8.24. The van der Waals surface area contributed by atoms with E-state index in [1.165, 1.54) is 13.2 Å². The normalized spacial score (nSPS) is 22.2. The van der Waals surface area contributed by atoms with Crippen molar-refractivity contribution < 1.29 is 50.6 Å². The molecule has 1 unspecified atom stereocenters. The molecule has 0 radical (unpaired) electrons. The molecule has 10 nitrogen and oxygen atoms in total. The molecule has 42 heavy (non-hydrogen) atoms. The Balaban J connectivity index is 1.97. The molecule has 1 heterocycles. The Morgan fingerprint density at radius 3 is 2.43 bits per heavy atom. The van der Waals surface area contributed by atoms with Crippen molar-refractivity contribution in [1.82, 2.24) is 10.6 Å². The molecule has 3 rings (SSSR count). The number of hydrogen-bond donors (Lipinski definition) is 5. The number of methoxy groups -OCH3 is 1. The van der Waals surface area contributed by atoms with Crippen LogP contribution >= 0.6 is 18.2 Å². The van der Waals surface area contributed by atoms with Crippen LogP contribution in [0.25, 0.3) is 0 Å². The van der Waals surface area contributed by atoms with Crippen molar-refractivity contribution in [2.24, 2.45) is 0 Å². The van der Waals surface area contributed by atoms with E-state index >= 15 is 0 Å². The van der Waals surface area contributed by atoms with Crippen LogP contribution in [0, 0.1) is 0 Å². The highest BCUT2D eigenvalue weighted by atomic mass is 32.3. The lowest BCUT2D eigenvalue weighted by Crippen LogP contribution is -2.49. The number of alkyl halides is 3. The predicted molar refractivity (Wildman–Crippen MR) is 152 cm³/mol. The molecule has 0 fully saturated rings. The van der Waals surface area contributed by atoms with E-state index in [1.54, 1.807) is 6.07 Å². The highest BCUT2D eigenvalue weighted by Crippen LogP contribution is 2.58. The molecular weight excluding hydrogens is 600 g/mol. The lowest BCUT2D eigenvalue weighted by molar-refractivity contribution is -0.190. The molecule has 1 aliphatic heterocycles. The molecule has 1 amide bonds. The molecular formula is C27H36F3N2O8PS. The van der Waals surface area contributed by atoms with Crippen LogP contribution in [0.3, 0.4) is 0 Å². The number of ether oxygens (including phenoxy) is 1. The molecule has 0 aromatic heterocycles. The van der Waals surface area contributed by atoms with Gasteiger partial charge in [0.1, 0.15) is 11.9 Å². The van der Waals surface area contributed by atoms with E-state index in [0.29, 0.717) is 18.4 Å². The van der Waals surface area contributed by atoms with Crippen molar-refractivity contribution in [2.75, 3.05) is 19.0 Å². The number of benzene rings is 2. The summed E-state index contributed by atoms with van der Waals surface area (Å²) in [5, 5.41) is 6.01. The van der Waals surface area contributed by atoms with Crippen LogP contribution < -0.4 is 15.4 Å². The van der Waals surface area contributed by atoms with Gasteiger partial charge in [0.2, 0.25) is 5.91 Å². The summed E-state index contributed by atoms with van der Waals surface area (Å²) in [5.41, 5.74) is 1.14. The van der Waals surface area contributed by atoms with Crippen LogP contribution in [0.5, 0.6) is 5.75 Å². The third kappa shape index (κ3) is 8.27. The van der Waals surface area contributed by atoms with Gasteiger partial charge in [-0.3, -0.25) is 19.2 Å². The van der Waals surface area contributed by atoms with Gasteiger partial charge in [-0.1, -0.05) is 57.0 Å². The fourth-order valence-electron chi connectivity index (χ4n) is 4.94. The summed E-state index contributed by atoms with van der Waals surface area (Å²) in [6.45, 7) is 3.71. The molecule has 0 aliphatic carbocycles. The summed E-state index contributed by atoms with van der Waals surface area (Å²) in [6, 6.07) is 12.2. The van der Waals surface area contributed by atoms with Crippen LogP contribution in [0.1, 0.15) is 62.3 Å². The molecule has 1 aliphatic rings. The Bertz CT molecular complexity index is 1330. The molecule has 5 N–H and O–H groups in total. The zero-order chi connectivity index (χ0) is 31.3. The summed E-state index contributed by atoms with van der Waals surface area (Å²) in [6.07, 6.45) is -3.81. The summed E-state index contributed by atoms with van der Waals surface area (Å²) < 4.78 is 81.4. The number of hydrogen-bond acceptors (Lipinski definition) is 8. The number of unbranched alkanes of at least 4 members (excludes halogenated alkanes) is 1. The molecule has 0 spiro atoms. The fraction of sp³-hybridized carbons (Fsp3) is 0.481. The minimum atomic E-state index is -5.51. The van der Waals surface area contributed by atoms with Gasteiger partial charge in [-0.2, -0.15) is 23.8 Å². The summed E-state index contributed by atoms with van der Waals surface area (Å²) >= 11 is 0. The fourth-order valence-corrected chi connectivity index (χ4v) is 8.08. The second-order valence-corrected chi connectivity index (χ2v) is 14.0. The van der Waals surface area contributed by atoms with Gasteiger partial charge in [0, 0.05) is 23.2 Å². The molecule has 0 bridgehead atoms. The maximum absolute atomic E-state index is 12.4. The third-order valence-electron chi connectivity index (χ3n) is 7.10. The number of nitrogens with one attached hydrogen (secondary N) is 2. The van der Waals surface area contributed by atoms with Crippen molar-refractivity contribution in [3.05, 3.63) is 59.2 Å². The van der Waals surface area contributed by atoms with Crippen molar-refractivity contribution in [1.29, 1.82) is 0 Å². The van der Waals surface area contributed by atoms with Crippen LogP contribution in [-0.2, 0) is 25.2 Å². The van der Waals surface area contributed by atoms with E-state index in [4.69, 9.17) is 4.74 Å². The first-order valence-electron chi connectivity index (χ1n) is 13.2. The van der Waals surface area contributed by atoms with E-state index in [2.05, 4.69) is 22.1 Å². The molecule has 2 aromatic carbocycles. The van der Waals surface area contributed by atoms with E-state index in [9.17, 15) is 41.3 Å². The van der Waals surface area contributed by atoms with Crippen molar-refractivity contribution >= 4 is 30.1 Å². The zero-order valence-electron chi connectivity index (χ0n) is 23.4. The molecule has 15 heteroatoms. The van der Waals surface area contributed by atoms with Crippen LogP contribution in [-0.4, -0.2) is 56.6 Å². The second kappa shape index (κ2) is 13.4. The summed E-state index contributed by atoms with van der Waals surface area (Å²) in [5.74, 6) is -3.75. The van der Waals surface area contributed by atoms with E-state index < -0.39 is 54.0 Å². The Hall–Kier alpha value is -2.61. The van der Waals surface area contributed by atoms with Crippen LogP contribution in [0.2, 0.25) is 0 Å². The van der Waals surface area contributed by atoms with E-state index in [0.717, 1.165) is 18.4 Å². The SMILES string of the molecule is CCCC[C@]1(CC)CS(O)(O)c2cc(CNC(=O)CP(=O)(O)OC(=O)C(F)(F)F)c(OC)cc2[C@@H](c2ccccc2)N1. The Labute approximate surface area is 243 Å². The van der Waals surface area contributed by atoms with Crippen LogP contribution in [0.15, 0.2) is 47.4 Å². The summed E-state index contributed by atoms with van der Waals surface area (Å²) in [4.78, 5) is 33.1. The van der Waals surface area contributed by atoms with E-state index in [-0.39, 0.29) is 28.5 Å². The highest BCUT2D eigenvalue weighted by Gasteiger charge is 2.45. The first-order valence-corrected chi connectivity index (χ1v) is 16.7. The monoisotopic (exact) mass is 636 g/mol. The lowest BCUT2D eigenvalue weighted by Gasteiger charge is -2.42.